The molecule has 0 aromatic heterocycles. The van der Waals surface area contributed by atoms with Gasteiger partial charge in [0.25, 0.3) is 0 Å². The Morgan fingerprint density at radius 1 is 1.27 bits per heavy atom. The van der Waals surface area contributed by atoms with Crippen molar-refractivity contribution in [2.24, 2.45) is 35.0 Å². The molecule has 4 aliphatic carbocycles. The standard InChI is InChI=1S/C23H33FO2/c1-4-23(26)9-6-19-20-14(2)11-16-13-17(25)12-15(7-10-24)21(16)18(20)5-8-22(19,23)3/h1,14-15,17-20,25-26H,5-13H2,2-3H3/t14?,15?,17?,18-,19-,20+,22-,23+/m0/s1. The van der Waals surface area contributed by atoms with Crippen LogP contribution in [-0.4, -0.2) is 28.6 Å². The molecule has 2 N–H and O–H groups in total. The lowest BCUT2D eigenvalue weighted by Gasteiger charge is -2.56. The first-order valence-corrected chi connectivity index (χ1v) is 10.5. The molecule has 8 atom stereocenters. The number of hydrogen-bond acceptors (Lipinski definition) is 2. The van der Waals surface area contributed by atoms with Crippen LogP contribution in [0.15, 0.2) is 11.1 Å². The predicted molar refractivity (Wildman–Crippen MR) is 101 cm³/mol. The largest absolute Gasteiger partial charge is 0.393 e. The van der Waals surface area contributed by atoms with E-state index in [1.54, 1.807) is 0 Å². The van der Waals surface area contributed by atoms with Crippen molar-refractivity contribution >= 4 is 0 Å². The highest BCUT2D eigenvalue weighted by atomic mass is 19.1. The molecule has 3 unspecified atom stereocenters. The highest BCUT2D eigenvalue weighted by Gasteiger charge is 2.62. The van der Waals surface area contributed by atoms with Crippen LogP contribution in [0.25, 0.3) is 0 Å². The fraction of sp³-hybridized carbons (Fsp3) is 0.826. The number of hydrogen-bond donors (Lipinski definition) is 2. The molecule has 0 aromatic rings. The number of rotatable bonds is 2. The highest BCUT2D eigenvalue weighted by Crippen LogP contribution is 2.65. The minimum Gasteiger partial charge on any atom is -0.393 e. The first-order valence-electron chi connectivity index (χ1n) is 10.5. The first kappa shape index (κ1) is 18.5. The number of fused-ring (bicyclic) bond motifs is 4. The van der Waals surface area contributed by atoms with Crippen LogP contribution in [-0.2, 0) is 0 Å². The van der Waals surface area contributed by atoms with Gasteiger partial charge in [0.1, 0.15) is 5.60 Å². The summed E-state index contributed by atoms with van der Waals surface area (Å²) >= 11 is 0. The zero-order valence-corrected chi connectivity index (χ0v) is 16.2. The summed E-state index contributed by atoms with van der Waals surface area (Å²) in [6.45, 7) is 4.24. The molecule has 0 aromatic carbocycles. The summed E-state index contributed by atoms with van der Waals surface area (Å²) in [6.07, 6.45) is 12.2. The third-order valence-electron chi connectivity index (χ3n) is 8.69. The van der Waals surface area contributed by atoms with E-state index >= 15 is 0 Å². The molecule has 0 aliphatic heterocycles. The summed E-state index contributed by atoms with van der Waals surface area (Å²) in [5, 5.41) is 21.4. The number of allylic oxidation sites excluding steroid dienone is 1. The first-order chi connectivity index (χ1) is 12.3. The lowest BCUT2D eigenvalue weighted by molar-refractivity contribution is -0.0828. The average molecular weight is 361 g/mol. The Labute approximate surface area is 157 Å². The van der Waals surface area contributed by atoms with Crippen molar-refractivity contribution in [1.82, 2.24) is 0 Å². The van der Waals surface area contributed by atoms with Crippen molar-refractivity contribution < 1.29 is 14.6 Å². The third-order valence-corrected chi connectivity index (χ3v) is 8.69. The van der Waals surface area contributed by atoms with Crippen LogP contribution in [0.5, 0.6) is 0 Å². The van der Waals surface area contributed by atoms with E-state index in [0.29, 0.717) is 36.5 Å². The Bertz CT molecular complexity index is 649. The quantitative estimate of drug-likeness (QED) is 0.571. The maximum atomic E-state index is 13.2. The molecule has 26 heavy (non-hydrogen) atoms. The molecule has 3 heteroatoms. The molecule has 4 rings (SSSR count). The van der Waals surface area contributed by atoms with Crippen LogP contribution >= 0.6 is 0 Å². The molecule has 0 bridgehead atoms. The van der Waals surface area contributed by atoms with Crippen molar-refractivity contribution in [2.45, 2.75) is 76.9 Å². The summed E-state index contributed by atoms with van der Waals surface area (Å²) in [5.74, 6) is 4.97. The minimum atomic E-state index is -0.974. The van der Waals surface area contributed by atoms with Gasteiger partial charge in [-0.25, -0.2) is 0 Å². The fourth-order valence-electron chi connectivity index (χ4n) is 7.53. The Morgan fingerprint density at radius 3 is 2.73 bits per heavy atom. The topological polar surface area (TPSA) is 40.5 Å². The Hall–Kier alpha value is -0.850. The van der Waals surface area contributed by atoms with E-state index < -0.39 is 5.60 Å². The number of aliphatic hydroxyl groups excluding tert-OH is 1. The number of halogens is 1. The molecule has 2 nitrogen and oxygen atoms in total. The van der Waals surface area contributed by atoms with Gasteiger partial charge in [0.05, 0.1) is 12.8 Å². The molecular formula is C23H33FO2. The summed E-state index contributed by atoms with van der Waals surface area (Å²) in [4.78, 5) is 0. The van der Waals surface area contributed by atoms with Crippen LogP contribution in [0.3, 0.4) is 0 Å². The minimum absolute atomic E-state index is 0.195. The van der Waals surface area contributed by atoms with E-state index in [-0.39, 0.29) is 24.1 Å². The van der Waals surface area contributed by atoms with E-state index in [4.69, 9.17) is 6.42 Å². The summed E-state index contributed by atoms with van der Waals surface area (Å²) in [5.41, 5.74) is 1.75. The van der Waals surface area contributed by atoms with Crippen LogP contribution in [0, 0.1) is 47.3 Å². The molecule has 0 radical (unpaired) electrons. The van der Waals surface area contributed by atoms with Gasteiger partial charge in [0.15, 0.2) is 0 Å². The van der Waals surface area contributed by atoms with E-state index in [1.165, 1.54) is 11.1 Å². The summed E-state index contributed by atoms with van der Waals surface area (Å²) in [6, 6.07) is 0. The lowest BCUT2D eigenvalue weighted by Crippen LogP contribution is -2.53. The normalized spacial score (nSPS) is 50.6. The van der Waals surface area contributed by atoms with Crippen molar-refractivity contribution in [3.63, 3.8) is 0 Å². The van der Waals surface area contributed by atoms with E-state index in [2.05, 4.69) is 19.8 Å². The molecule has 2 fully saturated rings. The van der Waals surface area contributed by atoms with E-state index in [0.717, 1.165) is 38.5 Å². The van der Waals surface area contributed by atoms with Crippen LogP contribution < -0.4 is 0 Å². The van der Waals surface area contributed by atoms with Crippen molar-refractivity contribution in [1.29, 1.82) is 0 Å². The van der Waals surface area contributed by atoms with Gasteiger partial charge in [-0.3, -0.25) is 4.39 Å². The van der Waals surface area contributed by atoms with E-state index in [1.807, 2.05) is 0 Å². The van der Waals surface area contributed by atoms with Gasteiger partial charge in [-0.2, -0.15) is 0 Å². The maximum absolute atomic E-state index is 13.2. The molecular weight excluding hydrogens is 327 g/mol. The maximum Gasteiger partial charge on any atom is 0.130 e. The Kier molecular flexibility index (Phi) is 4.52. The van der Waals surface area contributed by atoms with Gasteiger partial charge >= 0.3 is 0 Å². The second-order valence-electron chi connectivity index (χ2n) is 9.80. The van der Waals surface area contributed by atoms with Crippen LogP contribution in [0.1, 0.15) is 65.2 Å². The summed E-state index contributed by atoms with van der Waals surface area (Å²) in [7, 11) is 0. The van der Waals surface area contributed by atoms with E-state index in [9.17, 15) is 14.6 Å². The SMILES string of the molecule is C#C[C@@]1(O)CC[C@H]2[C@@H]3C(C)CC4=C(C(CCF)CC(O)C4)[C@H]3CC[C@@]21C. The molecule has 0 saturated heterocycles. The molecule has 0 heterocycles. The van der Waals surface area contributed by atoms with Gasteiger partial charge in [-0.1, -0.05) is 30.9 Å². The summed E-state index contributed by atoms with van der Waals surface area (Å²) < 4.78 is 13.2. The van der Waals surface area contributed by atoms with Crippen LogP contribution in [0.4, 0.5) is 4.39 Å². The monoisotopic (exact) mass is 360 g/mol. The zero-order chi connectivity index (χ0) is 18.7. The van der Waals surface area contributed by atoms with Gasteiger partial charge in [-0.15, -0.1) is 6.42 Å². The third kappa shape index (κ3) is 2.45. The second-order valence-corrected chi connectivity index (χ2v) is 9.80. The average Bonchev–Trinajstić information content (AvgIpc) is 2.86. The smallest absolute Gasteiger partial charge is 0.130 e. The highest BCUT2D eigenvalue weighted by molar-refractivity contribution is 5.32. The number of aliphatic hydroxyl groups is 2. The van der Waals surface area contributed by atoms with Crippen LogP contribution in [0.2, 0.25) is 0 Å². The molecule has 4 aliphatic rings. The fourth-order valence-corrected chi connectivity index (χ4v) is 7.53. The Balaban J connectivity index is 1.72. The molecule has 0 spiro atoms. The van der Waals surface area contributed by atoms with Gasteiger partial charge in [0.2, 0.25) is 0 Å². The Morgan fingerprint density at radius 2 is 2.04 bits per heavy atom. The second kappa shape index (κ2) is 6.35. The van der Waals surface area contributed by atoms with Gasteiger partial charge in [-0.05, 0) is 81.0 Å². The molecule has 144 valence electrons. The number of alkyl halides is 1. The molecule has 0 amide bonds. The number of terminal acetylenes is 1. The van der Waals surface area contributed by atoms with Gasteiger partial charge in [0, 0.05) is 5.41 Å². The van der Waals surface area contributed by atoms with Crippen molar-refractivity contribution in [2.75, 3.05) is 6.67 Å². The van der Waals surface area contributed by atoms with Crippen molar-refractivity contribution in [3.8, 4) is 12.3 Å². The zero-order valence-electron chi connectivity index (χ0n) is 16.2. The van der Waals surface area contributed by atoms with Gasteiger partial charge < -0.3 is 10.2 Å². The predicted octanol–water partition coefficient (Wildman–Crippen LogP) is 4.26. The lowest BCUT2D eigenvalue weighted by atomic mass is 9.49. The molecule has 2 saturated carbocycles. The van der Waals surface area contributed by atoms with Crippen molar-refractivity contribution in [3.05, 3.63) is 11.1 Å².